The van der Waals surface area contributed by atoms with E-state index in [-0.39, 0.29) is 36.3 Å². The van der Waals surface area contributed by atoms with Crippen molar-refractivity contribution in [2.45, 2.75) is 19.9 Å². The van der Waals surface area contributed by atoms with Crippen LogP contribution in [0.15, 0.2) is 12.3 Å². The smallest absolute Gasteiger partial charge is 0.312 e. The van der Waals surface area contributed by atoms with Crippen molar-refractivity contribution < 1.29 is 10.0 Å². The maximum atomic E-state index is 11.0. The molecule has 1 N–H and O–H groups in total. The number of nitriles is 1. The van der Waals surface area contributed by atoms with Crippen LogP contribution in [0.25, 0.3) is 0 Å². The molecule has 7 nitrogen and oxygen atoms in total. The van der Waals surface area contributed by atoms with E-state index in [1.807, 2.05) is 19.9 Å². The van der Waals surface area contributed by atoms with Crippen LogP contribution in [0.4, 0.5) is 11.5 Å². The fourth-order valence-electron chi connectivity index (χ4n) is 1.58. The minimum absolute atomic E-state index is 0.0451. The number of nitrogens with zero attached hydrogens (tertiary/aromatic N) is 4. The zero-order chi connectivity index (χ0) is 13.7. The second-order valence-corrected chi connectivity index (χ2v) is 3.95. The summed E-state index contributed by atoms with van der Waals surface area (Å²) >= 11 is 0. The lowest BCUT2D eigenvalue weighted by atomic mass is 10.2. The Kier molecular flexibility index (Phi) is 4.57. The lowest BCUT2D eigenvalue weighted by molar-refractivity contribution is -0.384. The summed E-state index contributed by atoms with van der Waals surface area (Å²) < 4.78 is 0. The molecule has 0 unspecified atom stereocenters. The number of hydrogen-bond acceptors (Lipinski definition) is 6. The first-order valence-electron chi connectivity index (χ1n) is 5.43. The Morgan fingerprint density at radius 2 is 2.33 bits per heavy atom. The SMILES string of the molecule is CC(C)N(CCO)c1ncc(C#N)cc1[N+](=O)[O-]. The summed E-state index contributed by atoms with van der Waals surface area (Å²) in [6.07, 6.45) is 1.29. The number of aliphatic hydroxyl groups excluding tert-OH is 1. The van der Waals surface area contributed by atoms with E-state index in [2.05, 4.69) is 4.98 Å². The standard InChI is InChI=1S/C11H14N4O3/c1-8(2)14(3-4-16)11-10(15(17)18)5-9(6-12)7-13-11/h5,7-8,16H,3-4H2,1-2H3. The van der Waals surface area contributed by atoms with E-state index in [0.717, 1.165) is 0 Å². The molecule has 1 rings (SSSR count). The van der Waals surface area contributed by atoms with Crippen LogP contribution in [0.2, 0.25) is 0 Å². The van der Waals surface area contributed by atoms with Gasteiger partial charge in [-0.3, -0.25) is 10.1 Å². The van der Waals surface area contributed by atoms with E-state index < -0.39 is 4.92 Å². The highest BCUT2D eigenvalue weighted by Gasteiger charge is 2.23. The number of pyridine rings is 1. The molecule has 0 aliphatic carbocycles. The fraction of sp³-hybridized carbons (Fsp3) is 0.455. The van der Waals surface area contributed by atoms with Crippen LogP contribution in [0.1, 0.15) is 19.4 Å². The average Bonchev–Trinajstić information content (AvgIpc) is 2.34. The van der Waals surface area contributed by atoms with Gasteiger partial charge in [-0.05, 0) is 13.8 Å². The lowest BCUT2D eigenvalue weighted by Crippen LogP contribution is -2.34. The van der Waals surface area contributed by atoms with Gasteiger partial charge in [0.15, 0.2) is 0 Å². The average molecular weight is 250 g/mol. The number of hydrogen-bond donors (Lipinski definition) is 1. The molecule has 0 aliphatic heterocycles. The van der Waals surface area contributed by atoms with Gasteiger partial charge < -0.3 is 10.0 Å². The minimum Gasteiger partial charge on any atom is -0.395 e. The minimum atomic E-state index is -0.573. The van der Waals surface area contributed by atoms with Crippen LogP contribution < -0.4 is 4.90 Å². The van der Waals surface area contributed by atoms with Crippen molar-refractivity contribution in [3.8, 4) is 6.07 Å². The predicted molar refractivity (Wildman–Crippen MR) is 65.2 cm³/mol. The van der Waals surface area contributed by atoms with Crippen molar-refractivity contribution >= 4 is 11.5 Å². The lowest BCUT2D eigenvalue weighted by Gasteiger charge is -2.26. The Bertz CT molecular complexity index is 482. The quantitative estimate of drug-likeness (QED) is 0.619. The first-order valence-corrected chi connectivity index (χ1v) is 5.43. The van der Waals surface area contributed by atoms with Crippen LogP contribution in [-0.4, -0.2) is 34.2 Å². The second kappa shape index (κ2) is 5.93. The summed E-state index contributed by atoms with van der Waals surface area (Å²) in [7, 11) is 0. The molecule has 7 heteroatoms. The van der Waals surface area contributed by atoms with Gasteiger partial charge in [0.2, 0.25) is 5.82 Å². The Hall–Kier alpha value is -2.20. The molecule has 0 bridgehead atoms. The molecular formula is C11H14N4O3. The molecule has 0 aliphatic rings. The van der Waals surface area contributed by atoms with E-state index >= 15 is 0 Å². The summed E-state index contributed by atoms with van der Waals surface area (Å²) in [5.41, 5.74) is -0.0886. The molecule has 0 radical (unpaired) electrons. The monoisotopic (exact) mass is 250 g/mol. The summed E-state index contributed by atoms with van der Waals surface area (Å²) in [5, 5.41) is 28.7. The third-order valence-electron chi connectivity index (χ3n) is 2.41. The summed E-state index contributed by atoms with van der Waals surface area (Å²) in [5.74, 6) is 0.169. The van der Waals surface area contributed by atoms with Gasteiger partial charge in [0.25, 0.3) is 0 Å². The molecule has 1 heterocycles. The third-order valence-corrected chi connectivity index (χ3v) is 2.41. The first kappa shape index (κ1) is 13.9. The fourth-order valence-corrected chi connectivity index (χ4v) is 1.58. The molecular weight excluding hydrogens is 236 g/mol. The second-order valence-electron chi connectivity index (χ2n) is 3.95. The van der Waals surface area contributed by atoms with Crippen LogP contribution in [0.3, 0.4) is 0 Å². The molecule has 0 spiro atoms. The Labute approximate surface area is 104 Å². The molecule has 96 valence electrons. The van der Waals surface area contributed by atoms with Crippen molar-refractivity contribution in [2.24, 2.45) is 0 Å². The van der Waals surface area contributed by atoms with E-state index in [0.29, 0.717) is 0 Å². The largest absolute Gasteiger partial charge is 0.395 e. The van der Waals surface area contributed by atoms with Crippen LogP contribution in [0, 0.1) is 21.4 Å². The highest BCUT2D eigenvalue weighted by molar-refractivity contribution is 5.60. The maximum Gasteiger partial charge on any atom is 0.312 e. The molecule has 0 amide bonds. The third kappa shape index (κ3) is 2.93. The number of aromatic nitrogens is 1. The highest BCUT2D eigenvalue weighted by atomic mass is 16.6. The number of aliphatic hydroxyl groups is 1. The van der Waals surface area contributed by atoms with Crippen molar-refractivity contribution in [2.75, 3.05) is 18.1 Å². The molecule has 18 heavy (non-hydrogen) atoms. The predicted octanol–water partition coefficient (Wildman–Crippen LogP) is 1.07. The van der Waals surface area contributed by atoms with Crippen molar-refractivity contribution in [3.05, 3.63) is 27.9 Å². The van der Waals surface area contributed by atoms with Crippen molar-refractivity contribution in [3.63, 3.8) is 0 Å². The van der Waals surface area contributed by atoms with E-state index in [4.69, 9.17) is 10.4 Å². The highest BCUT2D eigenvalue weighted by Crippen LogP contribution is 2.27. The van der Waals surface area contributed by atoms with Gasteiger partial charge in [0.05, 0.1) is 17.1 Å². The van der Waals surface area contributed by atoms with Crippen LogP contribution >= 0.6 is 0 Å². The van der Waals surface area contributed by atoms with Crippen LogP contribution in [0.5, 0.6) is 0 Å². The number of anilines is 1. The summed E-state index contributed by atoms with van der Waals surface area (Å²) in [6.45, 7) is 3.81. The van der Waals surface area contributed by atoms with E-state index in [1.54, 1.807) is 4.90 Å². The molecule has 0 atom stereocenters. The Balaban J connectivity index is 3.29. The first-order chi connectivity index (χ1) is 8.51. The number of nitro groups is 1. The zero-order valence-electron chi connectivity index (χ0n) is 10.2. The summed E-state index contributed by atoms with van der Waals surface area (Å²) in [6, 6.07) is 2.96. The normalized spacial score (nSPS) is 10.2. The molecule has 0 saturated carbocycles. The van der Waals surface area contributed by atoms with Gasteiger partial charge in [0.1, 0.15) is 6.07 Å². The zero-order valence-corrected chi connectivity index (χ0v) is 10.2. The molecule has 0 fully saturated rings. The molecule has 1 aromatic heterocycles. The molecule has 1 aromatic rings. The van der Waals surface area contributed by atoms with Crippen molar-refractivity contribution in [1.29, 1.82) is 5.26 Å². The van der Waals surface area contributed by atoms with Gasteiger partial charge in [-0.1, -0.05) is 0 Å². The van der Waals surface area contributed by atoms with Gasteiger partial charge in [-0.15, -0.1) is 0 Å². The van der Waals surface area contributed by atoms with Gasteiger partial charge in [-0.2, -0.15) is 5.26 Å². The van der Waals surface area contributed by atoms with Gasteiger partial charge in [-0.25, -0.2) is 4.98 Å². The molecule has 0 saturated heterocycles. The summed E-state index contributed by atoms with van der Waals surface area (Å²) in [4.78, 5) is 16.0. The molecule has 0 aromatic carbocycles. The van der Waals surface area contributed by atoms with Crippen molar-refractivity contribution in [1.82, 2.24) is 4.98 Å². The van der Waals surface area contributed by atoms with Gasteiger partial charge in [0, 0.05) is 24.8 Å². The number of rotatable bonds is 5. The van der Waals surface area contributed by atoms with E-state index in [1.165, 1.54) is 12.3 Å². The topological polar surface area (TPSA) is 103 Å². The van der Waals surface area contributed by atoms with Gasteiger partial charge >= 0.3 is 5.69 Å². The maximum absolute atomic E-state index is 11.0. The van der Waals surface area contributed by atoms with E-state index in [9.17, 15) is 10.1 Å². The van der Waals surface area contributed by atoms with Crippen LogP contribution in [-0.2, 0) is 0 Å². The Morgan fingerprint density at radius 3 is 2.78 bits per heavy atom. The Morgan fingerprint density at radius 1 is 1.67 bits per heavy atom.